The molecule has 8 heteroatoms. The first kappa shape index (κ1) is 17.1. The molecular weight excluding hydrogens is 359 g/mol. The number of rotatable bonds is 4. The number of halogens is 1. The van der Waals surface area contributed by atoms with Gasteiger partial charge in [-0.3, -0.25) is 9.59 Å². The number of hydrogen-bond donors (Lipinski definition) is 2. The van der Waals surface area contributed by atoms with Crippen LogP contribution in [0, 0.1) is 24.6 Å². The molecular formula is C18H17FN2O4S. The van der Waals surface area contributed by atoms with Crippen molar-refractivity contribution in [1.29, 1.82) is 0 Å². The first-order valence-electron chi connectivity index (χ1n) is 8.36. The number of carbonyl (C=O) groups excluding carboxylic acids is 1. The summed E-state index contributed by atoms with van der Waals surface area (Å²) in [5.74, 6) is -3.22. The van der Waals surface area contributed by atoms with E-state index in [1.807, 2.05) is 6.92 Å². The third kappa shape index (κ3) is 2.89. The molecule has 2 bridgehead atoms. The fraction of sp³-hybridized carbons (Fsp3) is 0.389. The van der Waals surface area contributed by atoms with Gasteiger partial charge in [0, 0.05) is 10.4 Å². The van der Waals surface area contributed by atoms with Crippen molar-refractivity contribution in [2.45, 2.75) is 32.0 Å². The maximum Gasteiger partial charge on any atom is 0.310 e. The number of hydrogen-bond acceptors (Lipinski definition) is 5. The largest absolute Gasteiger partial charge is 0.481 e. The normalized spacial score (nSPS) is 26.8. The zero-order valence-electron chi connectivity index (χ0n) is 13.9. The summed E-state index contributed by atoms with van der Waals surface area (Å²) in [7, 11) is 0. The molecule has 2 saturated heterocycles. The molecule has 1 amide bonds. The van der Waals surface area contributed by atoms with E-state index in [1.165, 1.54) is 23.5 Å². The minimum Gasteiger partial charge on any atom is -0.481 e. The Morgan fingerprint density at radius 2 is 1.88 bits per heavy atom. The Kier molecular flexibility index (Phi) is 4.24. The molecule has 2 fully saturated rings. The number of thiazole rings is 1. The predicted molar refractivity (Wildman–Crippen MR) is 93.4 cm³/mol. The molecule has 2 N–H and O–H groups in total. The fourth-order valence-electron chi connectivity index (χ4n) is 3.84. The second kappa shape index (κ2) is 6.44. The maximum absolute atomic E-state index is 13.1. The van der Waals surface area contributed by atoms with E-state index in [2.05, 4.69) is 10.3 Å². The Hall–Kier alpha value is -2.32. The van der Waals surface area contributed by atoms with E-state index in [9.17, 15) is 19.1 Å². The Morgan fingerprint density at radius 1 is 1.23 bits per heavy atom. The van der Waals surface area contributed by atoms with Crippen LogP contribution in [-0.2, 0) is 14.3 Å². The van der Waals surface area contributed by atoms with E-state index in [-0.39, 0.29) is 23.9 Å². The second-order valence-corrected chi connectivity index (χ2v) is 7.80. The molecule has 6 nitrogen and oxygen atoms in total. The Labute approximate surface area is 153 Å². The van der Waals surface area contributed by atoms with Crippen molar-refractivity contribution in [3.8, 4) is 11.3 Å². The van der Waals surface area contributed by atoms with E-state index in [1.54, 1.807) is 12.1 Å². The number of benzene rings is 1. The summed E-state index contributed by atoms with van der Waals surface area (Å²) in [6.07, 6.45) is 0.639. The molecule has 136 valence electrons. The predicted octanol–water partition coefficient (Wildman–Crippen LogP) is 3.07. The topological polar surface area (TPSA) is 88.5 Å². The summed E-state index contributed by atoms with van der Waals surface area (Å²) in [5, 5.41) is 12.6. The standard InChI is InChI=1S/C18H17FN2O4S/c1-8-15(9-2-4-10(19)5-3-9)20-18(26-8)21-16(22)13-11-6-7-12(25-11)14(13)17(23)24/h2-5,11-14H,6-7H2,1H3,(H,23,24)(H,20,21,22)/t11-,12-,13+,14-/m0/s1. The number of nitrogens with zero attached hydrogens (tertiary/aromatic N) is 1. The van der Waals surface area contributed by atoms with Gasteiger partial charge in [0.25, 0.3) is 0 Å². The zero-order chi connectivity index (χ0) is 18.4. The average molecular weight is 376 g/mol. The lowest BCUT2D eigenvalue weighted by Crippen LogP contribution is -2.40. The molecule has 0 saturated carbocycles. The number of carboxylic acid groups (broad SMARTS) is 1. The third-order valence-corrected chi connectivity index (χ3v) is 5.89. The molecule has 1 aromatic heterocycles. The highest BCUT2D eigenvalue weighted by atomic mass is 32.1. The Balaban J connectivity index is 1.54. The summed E-state index contributed by atoms with van der Waals surface area (Å²) in [6.45, 7) is 1.87. The van der Waals surface area contributed by atoms with Crippen LogP contribution in [0.25, 0.3) is 11.3 Å². The van der Waals surface area contributed by atoms with Crippen LogP contribution in [0.4, 0.5) is 9.52 Å². The van der Waals surface area contributed by atoms with E-state index in [0.29, 0.717) is 23.7 Å². The molecule has 0 aliphatic carbocycles. The number of amides is 1. The van der Waals surface area contributed by atoms with E-state index in [0.717, 1.165) is 10.4 Å². The number of nitrogens with one attached hydrogen (secondary N) is 1. The fourth-order valence-corrected chi connectivity index (χ4v) is 4.68. The van der Waals surface area contributed by atoms with Crippen LogP contribution in [0.2, 0.25) is 0 Å². The number of aromatic nitrogens is 1. The van der Waals surface area contributed by atoms with Crippen molar-refractivity contribution in [2.75, 3.05) is 5.32 Å². The van der Waals surface area contributed by atoms with Crippen LogP contribution >= 0.6 is 11.3 Å². The molecule has 2 aliphatic rings. The highest BCUT2D eigenvalue weighted by molar-refractivity contribution is 7.16. The minimum absolute atomic E-state index is 0.328. The SMILES string of the molecule is Cc1sc(NC(=O)[C@H]2[C@@H](C(=O)O)[C@@H]3CC[C@@H]2O3)nc1-c1ccc(F)cc1. The van der Waals surface area contributed by atoms with Crippen LogP contribution in [-0.4, -0.2) is 34.2 Å². The molecule has 1 aromatic carbocycles. The summed E-state index contributed by atoms with van der Waals surface area (Å²) >= 11 is 1.31. The molecule has 26 heavy (non-hydrogen) atoms. The van der Waals surface area contributed by atoms with Gasteiger partial charge >= 0.3 is 5.97 Å². The van der Waals surface area contributed by atoms with E-state index in [4.69, 9.17) is 4.74 Å². The second-order valence-electron chi connectivity index (χ2n) is 6.60. The van der Waals surface area contributed by atoms with Crippen LogP contribution in [0.1, 0.15) is 17.7 Å². The van der Waals surface area contributed by atoms with Gasteiger partial charge in [-0.25, -0.2) is 9.37 Å². The molecule has 0 unspecified atom stereocenters. The summed E-state index contributed by atoms with van der Waals surface area (Å²) in [4.78, 5) is 29.5. The smallest absolute Gasteiger partial charge is 0.310 e. The van der Waals surface area contributed by atoms with Crippen molar-refractivity contribution in [1.82, 2.24) is 4.98 Å². The van der Waals surface area contributed by atoms with Crippen LogP contribution in [0.15, 0.2) is 24.3 Å². The van der Waals surface area contributed by atoms with Crippen LogP contribution in [0.5, 0.6) is 0 Å². The molecule has 0 spiro atoms. The minimum atomic E-state index is -1.00. The van der Waals surface area contributed by atoms with Crippen molar-refractivity contribution in [3.63, 3.8) is 0 Å². The number of carbonyl (C=O) groups is 2. The molecule has 4 atom stereocenters. The van der Waals surface area contributed by atoms with Crippen LogP contribution in [0.3, 0.4) is 0 Å². The van der Waals surface area contributed by atoms with Crippen molar-refractivity contribution in [3.05, 3.63) is 35.0 Å². The number of ether oxygens (including phenoxy) is 1. The van der Waals surface area contributed by atoms with E-state index >= 15 is 0 Å². The lowest BCUT2D eigenvalue weighted by Gasteiger charge is -2.23. The highest BCUT2D eigenvalue weighted by Gasteiger charge is 2.55. The maximum atomic E-state index is 13.1. The molecule has 2 aromatic rings. The lowest BCUT2D eigenvalue weighted by molar-refractivity contribution is -0.147. The summed E-state index contributed by atoms with van der Waals surface area (Å²) < 4.78 is 18.7. The Bertz CT molecular complexity index is 867. The number of carboxylic acids is 1. The quantitative estimate of drug-likeness (QED) is 0.856. The highest BCUT2D eigenvalue weighted by Crippen LogP contribution is 2.44. The number of fused-ring (bicyclic) bond motifs is 2. The monoisotopic (exact) mass is 376 g/mol. The summed E-state index contributed by atoms with van der Waals surface area (Å²) in [6, 6.07) is 5.98. The van der Waals surface area contributed by atoms with Crippen molar-refractivity contribution >= 4 is 28.3 Å². The van der Waals surface area contributed by atoms with Gasteiger partial charge < -0.3 is 15.2 Å². The van der Waals surface area contributed by atoms with Gasteiger partial charge in [0.2, 0.25) is 5.91 Å². The summed E-state index contributed by atoms with van der Waals surface area (Å²) in [5.41, 5.74) is 1.43. The number of aryl methyl sites for hydroxylation is 1. The third-order valence-electron chi connectivity index (χ3n) is 5.01. The van der Waals surface area contributed by atoms with Gasteiger partial charge in [0.15, 0.2) is 5.13 Å². The van der Waals surface area contributed by atoms with Gasteiger partial charge in [-0.2, -0.15) is 0 Å². The van der Waals surface area contributed by atoms with Crippen LogP contribution < -0.4 is 5.32 Å². The lowest BCUT2D eigenvalue weighted by atomic mass is 9.79. The first-order chi connectivity index (χ1) is 12.4. The average Bonchev–Trinajstić information content (AvgIpc) is 3.29. The Morgan fingerprint density at radius 3 is 2.54 bits per heavy atom. The first-order valence-corrected chi connectivity index (χ1v) is 9.18. The molecule has 0 radical (unpaired) electrons. The van der Waals surface area contributed by atoms with Gasteiger partial charge in [0.05, 0.1) is 29.7 Å². The van der Waals surface area contributed by atoms with Gasteiger partial charge in [-0.05, 0) is 44.0 Å². The zero-order valence-corrected chi connectivity index (χ0v) is 14.8. The van der Waals surface area contributed by atoms with E-state index < -0.39 is 17.8 Å². The molecule has 4 rings (SSSR count). The molecule has 2 aliphatic heterocycles. The molecule has 3 heterocycles. The number of aliphatic carboxylic acids is 1. The van der Waals surface area contributed by atoms with Crippen molar-refractivity contribution < 1.29 is 23.8 Å². The van der Waals surface area contributed by atoms with Gasteiger partial charge in [-0.15, -0.1) is 11.3 Å². The van der Waals surface area contributed by atoms with Gasteiger partial charge in [0.1, 0.15) is 5.82 Å². The number of anilines is 1. The van der Waals surface area contributed by atoms with Crippen molar-refractivity contribution in [2.24, 2.45) is 11.8 Å². The van der Waals surface area contributed by atoms with Gasteiger partial charge in [-0.1, -0.05) is 0 Å².